The van der Waals surface area contributed by atoms with Gasteiger partial charge in [-0.25, -0.2) is 5.43 Å². The quantitative estimate of drug-likeness (QED) is 0.374. The smallest absolute Gasteiger partial charge is 0.294 e. The number of nitrogens with zero attached hydrogens (tertiary/aromatic N) is 2. The molecule has 0 unspecified atom stereocenters. The lowest BCUT2D eigenvalue weighted by Gasteiger charge is -2.20. The van der Waals surface area contributed by atoms with E-state index in [1.807, 2.05) is 80.6 Å². The summed E-state index contributed by atoms with van der Waals surface area (Å²) in [4.78, 5) is 28.1. The molecule has 6 heteroatoms. The van der Waals surface area contributed by atoms with Gasteiger partial charge in [0.1, 0.15) is 5.76 Å². The number of fused-ring (bicyclic) bond motifs is 2. The van der Waals surface area contributed by atoms with Gasteiger partial charge in [0.2, 0.25) is 0 Å². The zero-order chi connectivity index (χ0) is 24.4. The number of hydrogen-bond acceptors (Lipinski definition) is 4. The molecule has 1 aliphatic rings. The Hall–Kier alpha value is -4.19. The summed E-state index contributed by atoms with van der Waals surface area (Å²) in [6.45, 7) is 4.36. The molecule has 176 valence electrons. The lowest BCUT2D eigenvalue weighted by Crippen LogP contribution is -2.30. The molecule has 5 rings (SSSR count). The fourth-order valence-electron chi connectivity index (χ4n) is 4.76. The van der Waals surface area contributed by atoms with Crippen LogP contribution in [0.4, 0.5) is 5.69 Å². The van der Waals surface area contributed by atoms with E-state index < -0.39 is 0 Å². The van der Waals surface area contributed by atoms with Gasteiger partial charge in [-0.3, -0.25) is 9.59 Å². The van der Waals surface area contributed by atoms with Crippen LogP contribution in [0.1, 0.15) is 57.6 Å². The number of anilines is 1. The predicted molar refractivity (Wildman–Crippen MR) is 138 cm³/mol. The first-order chi connectivity index (χ1) is 17.1. The van der Waals surface area contributed by atoms with E-state index in [-0.39, 0.29) is 11.8 Å². The van der Waals surface area contributed by atoms with Crippen LogP contribution in [0.5, 0.6) is 0 Å². The van der Waals surface area contributed by atoms with Gasteiger partial charge in [0.25, 0.3) is 11.8 Å². The van der Waals surface area contributed by atoms with Crippen LogP contribution in [0.25, 0.3) is 10.8 Å². The van der Waals surface area contributed by atoms with Crippen molar-refractivity contribution in [1.82, 2.24) is 5.43 Å². The molecule has 35 heavy (non-hydrogen) atoms. The first-order valence-corrected chi connectivity index (χ1v) is 11.9. The van der Waals surface area contributed by atoms with Crippen molar-refractivity contribution in [3.05, 3.63) is 101 Å². The second-order valence-corrected chi connectivity index (χ2v) is 8.62. The number of rotatable bonds is 5. The highest BCUT2D eigenvalue weighted by Gasteiger charge is 2.30. The minimum atomic E-state index is -0.264. The van der Waals surface area contributed by atoms with Crippen molar-refractivity contribution < 1.29 is 14.0 Å². The lowest BCUT2D eigenvalue weighted by atomic mass is 9.93. The number of carbonyl (C=O) groups is 2. The molecule has 6 nitrogen and oxygen atoms in total. The van der Waals surface area contributed by atoms with Crippen LogP contribution >= 0.6 is 0 Å². The van der Waals surface area contributed by atoms with Crippen molar-refractivity contribution >= 4 is 34.0 Å². The molecule has 2 amide bonds. The maximum Gasteiger partial charge on any atom is 0.294 e. The summed E-state index contributed by atoms with van der Waals surface area (Å²) < 4.78 is 6.10. The molecule has 0 spiro atoms. The van der Waals surface area contributed by atoms with E-state index in [4.69, 9.17) is 4.42 Å². The van der Waals surface area contributed by atoms with Gasteiger partial charge in [0.05, 0.1) is 5.71 Å². The largest absolute Gasteiger partial charge is 0.455 e. The van der Waals surface area contributed by atoms with Gasteiger partial charge in [-0.05, 0) is 55.7 Å². The highest BCUT2D eigenvalue weighted by atomic mass is 16.4. The first kappa shape index (κ1) is 22.6. The third-order valence-corrected chi connectivity index (χ3v) is 6.48. The Morgan fingerprint density at radius 3 is 2.51 bits per heavy atom. The average Bonchev–Trinajstić information content (AvgIpc) is 3.25. The number of amides is 2. The second kappa shape index (κ2) is 9.58. The second-order valence-electron chi connectivity index (χ2n) is 8.62. The van der Waals surface area contributed by atoms with Crippen molar-refractivity contribution in [2.45, 2.75) is 33.1 Å². The van der Waals surface area contributed by atoms with Gasteiger partial charge in [-0.1, -0.05) is 54.6 Å². The molecule has 1 aromatic heterocycles. The minimum Gasteiger partial charge on any atom is -0.455 e. The zero-order valence-corrected chi connectivity index (χ0v) is 19.9. The first-order valence-electron chi connectivity index (χ1n) is 11.9. The van der Waals surface area contributed by atoms with Crippen LogP contribution in [0.2, 0.25) is 0 Å². The summed E-state index contributed by atoms with van der Waals surface area (Å²) in [6, 6.07) is 23.0. The van der Waals surface area contributed by atoms with Crippen molar-refractivity contribution in [3.63, 3.8) is 0 Å². The normalized spacial score (nSPS) is 14.1. The van der Waals surface area contributed by atoms with Crippen molar-refractivity contribution in [3.8, 4) is 0 Å². The molecule has 0 bridgehead atoms. The predicted octanol–water partition coefficient (Wildman–Crippen LogP) is 5.88. The number of hydrogen-bond donors (Lipinski definition) is 1. The zero-order valence-electron chi connectivity index (χ0n) is 19.9. The van der Waals surface area contributed by atoms with Crippen LogP contribution in [-0.2, 0) is 6.42 Å². The van der Waals surface area contributed by atoms with Crippen LogP contribution in [-0.4, -0.2) is 24.1 Å². The summed E-state index contributed by atoms with van der Waals surface area (Å²) in [5, 5.41) is 6.38. The maximum atomic E-state index is 13.4. The molecule has 0 saturated heterocycles. The highest BCUT2D eigenvalue weighted by molar-refractivity contribution is 6.11. The number of carbonyl (C=O) groups excluding carboxylic acids is 2. The fourth-order valence-corrected chi connectivity index (χ4v) is 4.76. The number of furan rings is 1. The molecule has 0 aliphatic heterocycles. The molecular weight excluding hydrogens is 438 g/mol. The Labute approximate surface area is 204 Å². The third-order valence-electron chi connectivity index (χ3n) is 6.48. The van der Waals surface area contributed by atoms with Crippen molar-refractivity contribution in [2.75, 3.05) is 11.4 Å². The van der Waals surface area contributed by atoms with Crippen LogP contribution in [0.3, 0.4) is 0 Å². The Bertz CT molecular complexity index is 1430. The Balaban J connectivity index is 1.44. The average molecular weight is 466 g/mol. The number of hydrazone groups is 1. The minimum absolute atomic E-state index is 0.176. The van der Waals surface area contributed by atoms with E-state index in [1.165, 1.54) is 0 Å². The van der Waals surface area contributed by atoms with Gasteiger partial charge < -0.3 is 9.32 Å². The van der Waals surface area contributed by atoms with Gasteiger partial charge in [-0.2, -0.15) is 5.10 Å². The van der Waals surface area contributed by atoms with Crippen LogP contribution in [0, 0.1) is 6.92 Å². The molecule has 4 aromatic rings. The number of benzene rings is 3. The topological polar surface area (TPSA) is 74.9 Å². The van der Waals surface area contributed by atoms with E-state index >= 15 is 0 Å². The molecule has 0 fully saturated rings. The van der Waals surface area contributed by atoms with E-state index in [0.29, 0.717) is 24.3 Å². The molecule has 1 heterocycles. The van der Waals surface area contributed by atoms with Crippen molar-refractivity contribution in [2.24, 2.45) is 5.10 Å². The molecule has 3 aromatic carbocycles. The molecule has 1 N–H and O–H groups in total. The number of para-hydroxylation sites is 1. The van der Waals surface area contributed by atoms with E-state index in [2.05, 4.69) is 10.5 Å². The summed E-state index contributed by atoms with van der Waals surface area (Å²) in [7, 11) is 0. The van der Waals surface area contributed by atoms with E-state index in [9.17, 15) is 9.59 Å². The number of nitrogens with one attached hydrogen (secondary N) is 1. The van der Waals surface area contributed by atoms with Gasteiger partial charge in [-0.15, -0.1) is 0 Å². The Morgan fingerprint density at radius 1 is 0.971 bits per heavy atom. The standard InChI is InChI=1S/C29H27N3O3/c1-3-32(21-13-5-4-6-14-21)29(34)27-19(2)26-24(17-10-18-25(26)35-27)30-31-28(33)23-16-9-12-20-11-7-8-15-22(20)23/h4-9,11-16H,3,10,17-18H2,1-2H3,(H,31,33)/b30-24+. The van der Waals surface area contributed by atoms with Gasteiger partial charge >= 0.3 is 0 Å². The van der Waals surface area contributed by atoms with Crippen molar-refractivity contribution in [1.29, 1.82) is 0 Å². The summed E-state index contributed by atoms with van der Waals surface area (Å²) in [5.74, 6) is 0.639. The highest BCUT2D eigenvalue weighted by Crippen LogP contribution is 2.31. The molecular formula is C29H27N3O3. The summed E-state index contributed by atoms with van der Waals surface area (Å²) in [6.07, 6.45) is 2.27. The van der Waals surface area contributed by atoms with Crippen LogP contribution < -0.4 is 10.3 Å². The maximum absolute atomic E-state index is 13.4. The molecule has 1 aliphatic carbocycles. The van der Waals surface area contributed by atoms with Gasteiger partial charge in [0, 0.05) is 35.3 Å². The fraction of sp³-hybridized carbons (Fsp3) is 0.207. The van der Waals surface area contributed by atoms with Gasteiger partial charge in [0.15, 0.2) is 5.76 Å². The summed E-state index contributed by atoms with van der Waals surface area (Å²) >= 11 is 0. The Morgan fingerprint density at radius 2 is 1.71 bits per heavy atom. The Kier molecular flexibility index (Phi) is 6.19. The van der Waals surface area contributed by atoms with Crippen LogP contribution in [0.15, 0.2) is 82.3 Å². The lowest BCUT2D eigenvalue weighted by molar-refractivity contribution is 0.0950. The third kappa shape index (κ3) is 4.23. The monoisotopic (exact) mass is 465 g/mol. The molecule has 0 saturated carbocycles. The molecule has 0 radical (unpaired) electrons. The molecule has 0 atom stereocenters. The summed E-state index contributed by atoms with van der Waals surface area (Å²) in [5.41, 5.74) is 6.47. The number of aryl methyl sites for hydroxylation is 1. The van der Waals surface area contributed by atoms with E-state index in [0.717, 1.165) is 51.9 Å². The van der Waals surface area contributed by atoms with E-state index in [1.54, 1.807) is 11.0 Å². The SMILES string of the molecule is CCN(C(=O)c1oc2c(c1C)/C(=N/NC(=O)c1cccc3ccccc13)CCC2)c1ccccc1.